The molecule has 3 aromatic rings. The van der Waals surface area contributed by atoms with Gasteiger partial charge in [0.1, 0.15) is 4.21 Å². The molecule has 0 saturated heterocycles. The summed E-state index contributed by atoms with van der Waals surface area (Å²) in [6.45, 7) is 0.390. The first-order valence-corrected chi connectivity index (χ1v) is 9.94. The molecule has 2 aromatic carbocycles. The van der Waals surface area contributed by atoms with Crippen LogP contribution in [0.25, 0.3) is 10.8 Å². The van der Waals surface area contributed by atoms with Gasteiger partial charge < -0.3 is 10.6 Å². The van der Waals surface area contributed by atoms with Crippen molar-refractivity contribution < 1.29 is 13.2 Å². The molecule has 0 atom stereocenters. The molecule has 8 heteroatoms. The number of primary sulfonamides is 1. The molecular weight excluding hydrogens is 358 g/mol. The van der Waals surface area contributed by atoms with E-state index >= 15 is 0 Å². The van der Waals surface area contributed by atoms with Gasteiger partial charge in [0.25, 0.3) is 0 Å². The fraction of sp³-hybridized carbons (Fsp3) is 0.118. The van der Waals surface area contributed by atoms with Gasteiger partial charge in [0.15, 0.2) is 0 Å². The standard InChI is InChI=1S/C17H17N3O3S2/c18-25(22,23)16-9-8-13(24-16)10-11-19-17(21)20-15-7-3-5-12-4-1-2-6-14(12)15/h1-9H,10-11H2,(H2,18,22,23)(H2,19,20,21). The van der Waals surface area contributed by atoms with Crippen LogP contribution in [-0.2, 0) is 16.4 Å². The van der Waals surface area contributed by atoms with E-state index in [0.717, 1.165) is 32.7 Å². The van der Waals surface area contributed by atoms with E-state index in [9.17, 15) is 13.2 Å². The van der Waals surface area contributed by atoms with E-state index in [-0.39, 0.29) is 10.2 Å². The van der Waals surface area contributed by atoms with Crippen LogP contribution in [0.3, 0.4) is 0 Å². The zero-order valence-corrected chi connectivity index (χ0v) is 14.9. The predicted molar refractivity (Wildman–Crippen MR) is 100 cm³/mol. The maximum absolute atomic E-state index is 12.1. The van der Waals surface area contributed by atoms with E-state index in [1.807, 2.05) is 42.5 Å². The summed E-state index contributed by atoms with van der Waals surface area (Å²) < 4.78 is 22.6. The zero-order valence-electron chi connectivity index (χ0n) is 13.2. The van der Waals surface area contributed by atoms with Crippen LogP contribution in [0.2, 0.25) is 0 Å². The first-order valence-electron chi connectivity index (χ1n) is 7.57. The normalized spacial score (nSPS) is 11.4. The molecule has 1 heterocycles. The molecule has 25 heavy (non-hydrogen) atoms. The fourth-order valence-corrected chi connectivity index (χ4v) is 4.22. The average molecular weight is 375 g/mol. The molecule has 2 amide bonds. The minimum absolute atomic E-state index is 0.128. The van der Waals surface area contributed by atoms with Crippen molar-refractivity contribution in [1.29, 1.82) is 0 Å². The summed E-state index contributed by atoms with van der Waals surface area (Å²) in [6.07, 6.45) is 0.531. The van der Waals surface area contributed by atoms with E-state index in [1.54, 1.807) is 6.07 Å². The van der Waals surface area contributed by atoms with Crippen LogP contribution in [-0.4, -0.2) is 21.0 Å². The number of urea groups is 1. The van der Waals surface area contributed by atoms with Gasteiger partial charge >= 0.3 is 6.03 Å². The molecule has 0 unspecified atom stereocenters. The van der Waals surface area contributed by atoms with Crippen molar-refractivity contribution in [3.63, 3.8) is 0 Å². The lowest BCUT2D eigenvalue weighted by atomic mass is 10.1. The molecular formula is C17H17N3O3S2. The largest absolute Gasteiger partial charge is 0.338 e. The van der Waals surface area contributed by atoms with Gasteiger partial charge in [-0.15, -0.1) is 11.3 Å². The van der Waals surface area contributed by atoms with Crippen molar-refractivity contribution >= 4 is 43.9 Å². The van der Waals surface area contributed by atoms with Gasteiger partial charge in [0.2, 0.25) is 10.0 Å². The topological polar surface area (TPSA) is 101 Å². The number of nitrogens with two attached hydrogens (primary N) is 1. The number of carbonyl (C=O) groups is 1. The van der Waals surface area contributed by atoms with Crippen LogP contribution in [0.15, 0.2) is 58.8 Å². The Morgan fingerprint density at radius 1 is 1.04 bits per heavy atom. The Morgan fingerprint density at radius 2 is 1.80 bits per heavy atom. The lowest BCUT2D eigenvalue weighted by Gasteiger charge is -2.09. The summed E-state index contributed by atoms with van der Waals surface area (Å²) in [7, 11) is -3.67. The van der Waals surface area contributed by atoms with E-state index in [2.05, 4.69) is 10.6 Å². The maximum Gasteiger partial charge on any atom is 0.319 e. The molecule has 6 nitrogen and oxygen atoms in total. The van der Waals surface area contributed by atoms with E-state index in [0.29, 0.717) is 13.0 Å². The number of nitrogens with one attached hydrogen (secondary N) is 2. The molecule has 0 saturated carbocycles. The molecule has 0 fully saturated rings. The Balaban J connectivity index is 1.57. The molecule has 130 valence electrons. The number of hydrogen-bond donors (Lipinski definition) is 3. The van der Waals surface area contributed by atoms with Gasteiger partial charge in [0.05, 0.1) is 5.69 Å². The molecule has 0 aliphatic carbocycles. The number of fused-ring (bicyclic) bond motifs is 1. The molecule has 0 spiro atoms. The smallest absolute Gasteiger partial charge is 0.319 e. The van der Waals surface area contributed by atoms with Crippen molar-refractivity contribution in [3.05, 3.63) is 59.5 Å². The predicted octanol–water partition coefficient (Wildman–Crippen LogP) is 2.91. The quantitative estimate of drug-likeness (QED) is 0.639. The molecule has 0 aliphatic rings. The van der Waals surface area contributed by atoms with E-state index in [1.165, 1.54) is 6.07 Å². The van der Waals surface area contributed by atoms with Crippen LogP contribution in [0, 0.1) is 0 Å². The van der Waals surface area contributed by atoms with Gasteiger partial charge in [-0.25, -0.2) is 18.4 Å². The van der Waals surface area contributed by atoms with Crippen molar-refractivity contribution in [2.75, 3.05) is 11.9 Å². The highest BCUT2D eigenvalue weighted by Crippen LogP contribution is 2.23. The lowest BCUT2D eigenvalue weighted by Crippen LogP contribution is -2.30. The van der Waals surface area contributed by atoms with Crippen molar-refractivity contribution in [3.8, 4) is 0 Å². The number of amides is 2. The summed E-state index contributed by atoms with van der Waals surface area (Å²) in [4.78, 5) is 12.9. The van der Waals surface area contributed by atoms with Gasteiger partial charge in [-0.1, -0.05) is 36.4 Å². The number of rotatable bonds is 5. The molecule has 0 radical (unpaired) electrons. The Morgan fingerprint density at radius 3 is 2.56 bits per heavy atom. The first-order chi connectivity index (χ1) is 11.9. The molecule has 0 bridgehead atoms. The third-order valence-electron chi connectivity index (χ3n) is 3.61. The Hall–Kier alpha value is -2.42. The number of thiophene rings is 1. The summed E-state index contributed by atoms with van der Waals surface area (Å²) in [5, 5.41) is 12.7. The second-order valence-electron chi connectivity index (χ2n) is 5.42. The third kappa shape index (κ3) is 4.36. The highest BCUT2D eigenvalue weighted by molar-refractivity contribution is 7.91. The van der Waals surface area contributed by atoms with Crippen LogP contribution in [0.5, 0.6) is 0 Å². The molecule has 1 aromatic heterocycles. The van der Waals surface area contributed by atoms with Crippen LogP contribution < -0.4 is 15.8 Å². The Labute approximate surface area is 149 Å². The second kappa shape index (κ2) is 7.22. The van der Waals surface area contributed by atoms with Gasteiger partial charge in [-0.05, 0) is 30.0 Å². The highest BCUT2D eigenvalue weighted by Gasteiger charge is 2.11. The van der Waals surface area contributed by atoms with E-state index in [4.69, 9.17) is 5.14 Å². The molecule has 3 rings (SSSR count). The van der Waals surface area contributed by atoms with Gasteiger partial charge in [-0.3, -0.25) is 0 Å². The highest BCUT2D eigenvalue weighted by atomic mass is 32.2. The van der Waals surface area contributed by atoms with Crippen LogP contribution in [0.1, 0.15) is 4.88 Å². The van der Waals surface area contributed by atoms with Crippen molar-refractivity contribution in [2.24, 2.45) is 5.14 Å². The SMILES string of the molecule is NS(=O)(=O)c1ccc(CCNC(=O)Nc2cccc3ccccc23)s1. The molecule has 4 N–H and O–H groups in total. The maximum atomic E-state index is 12.1. The summed E-state index contributed by atoms with van der Waals surface area (Å²) in [5.74, 6) is 0. The zero-order chi connectivity index (χ0) is 17.9. The number of anilines is 1. The summed E-state index contributed by atoms with van der Waals surface area (Å²) in [6, 6.07) is 16.4. The molecule has 0 aliphatic heterocycles. The number of sulfonamides is 1. The Kier molecular flexibility index (Phi) is 5.03. The minimum Gasteiger partial charge on any atom is -0.338 e. The van der Waals surface area contributed by atoms with Crippen molar-refractivity contribution in [2.45, 2.75) is 10.6 Å². The minimum atomic E-state index is -3.67. The van der Waals surface area contributed by atoms with Crippen LogP contribution >= 0.6 is 11.3 Å². The van der Waals surface area contributed by atoms with Crippen LogP contribution in [0.4, 0.5) is 10.5 Å². The monoisotopic (exact) mass is 375 g/mol. The first kappa shape index (κ1) is 17.4. The van der Waals surface area contributed by atoms with E-state index < -0.39 is 10.0 Å². The van der Waals surface area contributed by atoms with Crippen molar-refractivity contribution in [1.82, 2.24) is 5.32 Å². The number of hydrogen-bond acceptors (Lipinski definition) is 4. The van der Waals surface area contributed by atoms with Gasteiger partial charge in [0, 0.05) is 16.8 Å². The third-order valence-corrected chi connectivity index (χ3v) is 6.20. The number of carbonyl (C=O) groups excluding carboxylic acids is 1. The number of benzene rings is 2. The summed E-state index contributed by atoms with van der Waals surface area (Å²) in [5.41, 5.74) is 0.739. The van der Waals surface area contributed by atoms with Gasteiger partial charge in [-0.2, -0.15) is 0 Å². The fourth-order valence-electron chi connectivity index (χ4n) is 2.45. The second-order valence-corrected chi connectivity index (χ2v) is 8.38. The summed E-state index contributed by atoms with van der Waals surface area (Å²) >= 11 is 1.11. The lowest BCUT2D eigenvalue weighted by molar-refractivity contribution is 0.252. The Bertz CT molecular complexity index is 1010. The average Bonchev–Trinajstić information content (AvgIpc) is 3.04.